The van der Waals surface area contributed by atoms with Crippen molar-refractivity contribution in [2.24, 2.45) is 0 Å². The lowest BCUT2D eigenvalue weighted by Gasteiger charge is -2.22. The lowest BCUT2D eigenvalue weighted by Crippen LogP contribution is -2.49. The quantitative estimate of drug-likeness (QED) is 0.872. The molecule has 2 N–H and O–H groups in total. The van der Waals surface area contributed by atoms with Crippen LogP contribution in [0.4, 0.5) is 5.69 Å². The molecule has 1 heterocycles. The average molecular weight is 280 g/mol. The summed E-state index contributed by atoms with van der Waals surface area (Å²) in [4.78, 5) is 23.4. The second kappa shape index (κ2) is 5.97. The summed E-state index contributed by atoms with van der Waals surface area (Å²) in [6.07, 6.45) is 0. The predicted molar refractivity (Wildman–Crippen MR) is 75.6 cm³/mol. The zero-order valence-corrected chi connectivity index (χ0v) is 11.7. The van der Waals surface area contributed by atoms with E-state index in [1.165, 1.54) is 11.8 Å². The van der Waals surface area contributed by atoms with E-state index < -0.39 is 6.04 Å². The molecule has 5 nitrogen and oxygen atoms in total. The number of anilines is 1. The van der Waals surface area contributed by atoms with E-state index in [-0.39, 0.29) is 11.8 Å². The molecule has 1 aliphatic heterocycles. The van der Waals surface area contributed by atoms with E-state index in [1.54, 1.807) is 13.2 Å². The summed E-state index contributed by atoms with van der Waals surface area (Å²) >= 11 is 1.46. The fraction of sp³-hybridized carbons (Fsp3) is 0.385. The van der Waals surface area contributed by atoms with E-state index in [1.807, 2.05) is 19.1 Å². The van der Waals surface area contributed by atoms with Gasteiger partial charge in [0.15, 0.2) is 0 Å². The second-order valence-electron chi connectivity index (χ2n) is 4.33. The Balaban J connectivity index is 2.09. The summed E-state index contributed by atoms with van der Waals surface area (Å²) < 4.78 is 5.20. The number of carbonyl (C=O) groups is 2. The molecule has 19 heavy (non-hydrogen) atoms. The van der Waals surface area contributed by atoms with Gasteiger partial charge in [-0.05, 0) is 24.6 Å². The summed E-state index contributed by atoms with van der Waals surface area (Å²) in [7, 11) is 1.55. The molecule has 1 aromatic carbocycles. The van der Waals surface area contributed by atoms with Crippen LogP contribution >= 0.6 is 11.8 Å². The Hall–Kier alpha value is -1.69. The number of ether oxygens (including phenoxy) is 1. The van der Waals surface area contributed by atoms with Gasteiger partial charge in [-0.2, -0.15) is 0 Å². The van der Waals surface area contributed by atoms with Crippen molar-refractivity contribution >= 4 is 29.3 Å². The molecule has 1 atom stereocenters. The number of nitrogens with one attached hydrogen (secondary N) is 2. The van der Waals surface area contributed by atoms with Gasteiger partial charge in [0, 0.05) is 5.75 Å². The van der Waals surface area contributed by atoms with E-state index in [2.05, 4.69) is 10.6 Å². The number of aryl methyl sites for hydroxylation is 1. The summed E-state index contributed by atoms with van der Waals surface area (Å²) in [6.45, 7) is 1.94. The van der Waals surface area contributed by atoms with Gasteiger partial charge in [0.1, 0.15) is 11.8 Å². The highest BCUT2D eigenvalue weighted by Crippen LogP contribution is 2.25. The first kappa shape index (κ1) is 13.7. The molecule has 0 aliphatic carbocycles. The summed E-state index contributed by atoms with van der Waals surface area (Å²) in [6, 6.07) is 5.07. The monoisotopic (exact) mass is 280 g/mol. The third kappa shape index (κ3) is 3.41. The first-order valence-electron chi connectivity index (χ1n) is 5.93. The van der Waals surface area contributed by atoms with Crippen molar-refractivity contribution in [1.82, 2.24) is 5.32 Å². The van der Waals surface area contributed by atoms with Gasteiger partial charge in [-0.1, -0.05) is 6.07 Å². The number of hydrogen-bond donors (Lipinski definition) is 2. The van der Waals surface area contributed by atoms with Crippen LogP contribution < -0.4 is 15.4 Å². The first-order chi connectivity index (χ1) is 9.10. The van der Waals surface area contributed by atoms with Gasteiger partial charge in [-0.3, -0.25) is 9.59 Å². The fourth-order valence-corrected chi connectivity index (χ4v) is 2.68. The van der Waals surface area contributed by atoms with Crippen molar-refractivity contribution in [3.8, 4) is 5.75 Å². The van der Waals surface area contributed by atoms with Crippen LogP contribution in [0.3, 0.4) is 0 Å². The molecule has 2 rings (SSSR count). The Bertz CT molecular complexity index is 505. The van der Waals surface area contributed by atoms with Crippen LogP contribution in [-0.2, 0) is 9.59 Å². The van der Waals surface area contributed by atoms with E-state index in [0.717, 1.165) is 5.56 Å². The maximum absolute atomic E-state index is 12.1. The number of thioether (sulfide) groups is 1. The minimum atomic E-state index is -0.489. The van der Waals surface area contributed by atoms with Crippen LogP contribution in [0.15, 0.2) is 18.2 Å². The zero-order valence-electron chi connectivity index (χ0n) is 10.9. The molecule has 1 aliphatic rings. The van der Waals surface area contributed by atoms with Gasteiger partial charge in [0.2, 0.25) is 11.8 Å². The zero-order chi connectivity index (χ0) is 13.8. The molecule has 1 aromatic rings. The fourth-order valence-electron chi connectivity index (χ4n) is 1.83. The Morgan fingerprint density at radius 2 is 2.32 bits per heavy atom. The van der Waals surface area contributed by atoms with E-state index >= 15 is 0 Å². The number of methoxy groups -OCH3 is 1. The van der Waals surface area contributed by atoms with Crippen LogP contribution in [-0.4, -0.2) is 36.5 Å². The molecule has 1 unspecified atom stereocenters. The Morgan fingerprint density at radius 3 is 3.00 bits per heavy atom. The van der Waals surface area contributed by atoms with Crippen molar-refractivity contribution in [3.05, 3.63) is 23.8 Å². The summed E-state index contributed by atoms with van der Waals surface area (Å²) in [5, 5.41) is 5.48. The molecule has 102 valence electrons. The van der Waals surface area contributed by atoms with Crippen molar-refractivity contribution in [3.63, 3.8) is 0 Å². The molecule has 0 bridgehead atoms. The SMILES string of the molecule is COc1ccc(C)cc1NC(=O)C1CSCC(=O)N1. The minimum Gasteiger partial charge on any atom is -0.495 e. The molecule has 1 saturated heterocycles. The third-order valence-corrected chi connectivity index (χ3v) is 3.82. The van der Waals surface area contributed by atoms with Crippen molar-refractivity contribution < 1.29 is 14.3 Å². The number of benzene rings is 1. The minimum absolute atomic E-state index is 0.104. The maximum atomic E-state index is 12.1. The highest BCUT2D eigenvalue weighted by molar-refractivity contribution is 8.00. The predicted octanol–water partition coefficient (Wildman–Crippen LogP) is 1.17. The van der Waals surface area contributed by atoms with Gasteiger partial charge >= 0.3 is 0 Å². The van der Waals surface area contributed by atoms with Gasteiger partial charge < -0.3 is 15.4 Å². The topological polar surface area (TPSA) is 67.4 Å². The second-order valence-corrected chi connectivity index (χ2v) is 5.36. The maximum Gasteiger partial charge on any atom is 0.247 e. The van der Waals surface area contributed by atoms with Crippen LogP contribution in [0.5, 0.6) is 5.75 Å². The lowest BCUT2D eigenvalue weighted by molar-refractivity contribution is -0.124. The Morgan fingerprint density at radius 1 is 1.53 bits per heavy atom. The molecule has 0 radical (unpaired) electrons. The normalized spacial score (nSPS) is 18.6. The Labute approximate surface area is 116 Å². The van der Waals surface area contributed by atoms with E-state index in [0.29, 0.717) is 22.9 Å². The molecule has 0 aromatic heterocycles. The van der Waals surface area contributed by atoms with E-state index in [4.69, 9.17) is 4.74 Å². The van der Waals surface area contributed by atoms with Crippen molar-refractivity contribution in [1.29, 1.82) is 0 Å². The Kier molecular flexibility index (Phi) is 4.31. The number of hydrogen-bond acceptors (Lipinski definition) is 4. The summed E-state index contributed by atoms with van der Waals surface area (Å²) in [5.74, 6) is 1.29. The molecule has 1 fully saturated rings. The van der Waals surface area contributed by atoms with Gasteiger partial charge in [-0.15, -0.1) is 11.8 Å². The highest BCUT2D eigenvalue weighted by Gasteiger charge is 2.25. The number of amides is 2. The lowest BCUT2D eigenvalue weighted by atomic mass is 10.2. The number of carbonyl (C=O) groups excluding carboxylic acids is 2. The molecule has 2 amide bonds. The highest BCUT2D eigenvalue weighted by atomic mass is 32.2. The van der Waals surface area contributed by atoms with Crippen LogP contribution in [0, 0.1) is 6.92 Å². The van der Waals surface area contributed by atoms with Gasteiger partial charge in [0.25, 0.3) is 0 Å². The van der Waals surface area contributed by atoms with Crippen LogP contribution in [0.1, 0.15) is 5.56 Å². The van der Waals surface area contributed by atoms with Crippen LogP contribution in [0.25, 0.3) is 0 Å². The smallest absolute Gasteiger partial charge is 0.247 e. The first-order valence-corrected chi connectivity index (χ1v) is 7.08. The molecular weight excluding hydrogens is 264 g/mol. The number of rotatable bonds is 3. The molecule has 6 heteroatoms. The largest absolute Gasteiger partial charge is 0.495 e. The molecule has 0 saturated carbocycles. The van der Waals surface area contributed by atoms with Gasteiger partial charge in [-0.25, -0.2) is 0 Å². The standard InChI is InChI=1S/C13H16N2O3S/c1-8-3-4-11(18-2)9(5-8)15-13(17)10-6-19-7-12(16)14-10/h3-5,10H,6-7H2,1-2H3,(H,14,16)(H,15,17). The molecular formula is C13H16N2O3S. The summed E-state index contributed by atoms with van der Waals surface area (Å²) in [5.41, 5.74) is 1.65. The van der Waals surface area contributed by atoms with Crippen molar-refractivity contribution in [2.75, 3.05) is 23.9 Å². The van der Waals surface area contributed by atoms with E-state index in [9.17, 15) is 9.59 Å². The van der Waals surface area contributed by atoms with Crippen LogP contribution in [0.2, 0.25) is 0 Å². The van der Waals surface area contributed by atoms with Gasteiger partial charge in [0.05, 0.1) is 18.6 Å². The van der Waals surface area contributed by atoms with Crippen molar-refractivity contribution in [2.45, 2.75) is 13.0 Å². The molecule has 0 spiro atoms. The third-order valence-electron chi connectivity index (χ3n) is 2.78. The average Bonchev–Trinajstić information content (AvgIpc) is 2.39.